The molecule has 0 unspecified atom stereocenters. The van der Waals surface area contributed by atoms with E-state index >= 15 is 0 Å². The quantitative estimate of drug-likeness (QED) is 0.185. The molecule has 4 N–H and O–H groups in total. The average Bonchev–Trinajstić information content (AvgIpc) is 2.69. The molecule has 0 spiro atoms. The molecule has 0 aliphatic rings. The van der Waals surface area contributed by atoms with Crippen molar-refractivity contribution in [2.75, 3.05) is 30.8 Å². The third-order valence-electron chi connectivity index (χ3n) is 4.57. The molecule has 2 aromatic heterocycles. The normalized spacial score (nSPS) is 10.2. The highest BCUT2D eigenvalue weighted by atomic mass is 35.5. The Hall–Kier alpha value is -1.89. The number of halogens is 3. The van der Waals surface area contributed by atoms with Crippen LogP contribution in [-0.4, -0.2) is 41.0 Å². The number of rotatable bonds is 7. The minimum atomic E-state index is 0. The SMILES string of the molecule is Cl.Cl.ClCCNCCCNc1c2ccccc2nc2c1ccc1cnccc12.O. The third kappa shape index (κ3) is 5.38. The molecule has 0 fully saturated rings. The van der Waals surface area contributed by atoms with E-state index in [0.717, 1.165) is 64.3 Å². The second-order valence-corrected chi connectivity index (χ2v) is 6.66. The highest BCUT2D eigenvalue weighted by Crippen LogP contribution is 2.34. The van der Waals surface area contributed by atoms with Crippen molar-refractivity contribution >= 4 is 74.7 Å². The van der Waals surface area contributed by atoms with E-state index in [2.05, 4.69) is 45.9 Å². The van der Waals surface area contributed by atoms with Crippen LogP contribution >= 0.6 is 36.4 Å². The zero-order valence-electron chi connectivity index (χ0n) is 15.8. The fraction of sp³-hybridized carbons (Fsp3) is 0.238. The first-order valence-electron chi connectivity index (χ1n) is 8.94. The van der Waals surface area contributed by atoms with Gasteiger partial charge in [-0.3, -0.25) is 4.98 Å². The van der Waals surface area contributed by atoms with Gasteiger partial charge in [0.2, 0.25) is 0 Å². The van der Waals surface area contributed by atoms with Crippen molar-refractivity contribution in [3.8, 4) is 0 Å². The largest absolute Gasteiger partial charge is 0.412 e. The molecule has 0 aliphatic heterocycles. The number of nitrogens with zero attached hydrogens (tertiary/aromatic N) is 2. The Labute approximate surface area is 187 Å². The van der Waals surface area contributed by atoms with Gasteiger partial charge in [-0.25, -0.2) is 4.98 Å². The number of aromatic nitrogens is 2. The van der Waals surface area contributed by atoms with Gasteiger partial charge in [0.1, 0.15) is 0 Å². The topological polar surface area (TPSA) is 81.3 Å². The number of hydrogen-bond donors (Lipinski definition) is 2. The Morgan fingerprint density at radius 2 is 1.69 bits per heavy atom. The van der Waals surface area contributed by atoms with Crippen LogP contribution in [0, 0.1) is 0 Å². The summed E-state index contributed by atoms with van der Waals surface area (Å²) in [5.41, 5.74) is 3.18. The van der Waals surface area contributed by atoms with Crippen LogP contribution in [-0.2, 0) is 0 Å². The molecule has 5 nitrogen and oxygen atoms in total. The van der Waals surface area contributed by atoms with E-state index in [4.69, 9.17) is 16.6 Å². The van der Waals surface area contributed by atoms with Gasteiger partial charge in [-0.1, -0.05) is 30.3 Å². The molecule has 0 saturated carbocycles. The molecule has 156 valence electrons. The van der Waals surface area contributed by atoms with E-state index in [-0.39, 0.29) is 30.3 Å². The van der Waals surface area contributed by atoms with Gasteiger partial charge in [-0.05, 0) is 25.1 Å². The molecular weight excluding hydrogens is 431 g/mol. The molecule has 2 aromatic carbocycles. The van der Waals surface area contributed by atoms with Crippen molar-refractivity contribution in [1.29, 1.82) is 0 Å². The van der Waals surface area contributed by atoms with Crippen molar-refractivity contribution in [2.45, 2.75) is 6.42 Å². The van der Waals surface area contributed by atoms with Gasteiger partial charge in [0.25, 0.3) is 0 Å². The van der Waals surface area contributed by atoms with Gasteiger partial charge >= 0.3 is 0 Å². The van der Waals surface area contributed by atoms with Gasteiger partial charge in [0.05, 0.1) is 16.7 Å². The Balaban J connectivity index is 0.00000140. The first kappa shape index (κ1) is 25.1. The lowest BCUT2D eigenvalue weighted by atomic mass is 10.0. The first-order chi connectivity index (χ1) is 12.9. The number of alkyl halides is 1. The summed E-state index contributed by atoms with van der Waals surface area (Å²) in [4.78, 5) is 9.17. The summed E-state index contributed by atoms with van der Waals surface area (Å²) in [6.07, 6.45) is 4.75. The lowest BCUT2D eigenvalue weighted by Crippen LogP contribution is -2.20. The van der Waals surface area contributed by atoms with E-state index < -0.39 is 0 Å². The minimum Gasteiger partial charge on any atom is -0.412 e. The van der Waals surface area contributed by atoms with E-state index in [0.29, 0.717) is 5.88 Å². The van der Waals surface area contributed by atoms with Crippen LogP contribution in [0.25, 0.3) is 32.6 Å². The zero-order chi connectivity index (χ0) is 17.8. The Kier molecular flexibility index (Phi) is 10.4. The van der Waals surface area contributed by atoms with Crippen molar-refractivity contribution < 1.29 is 5.48 Å². The van der Waals surface area contributed by atoms with Gasteiger partial charge in [0.15, 0.2) is 0 Å². The van der Waals surface area contributed by atoms with Crippen molar-refractivity contribution in [3.05, 3.63) is 54.9 Å². The summed E-state index contributed by atoms with van der Waals surface area (Å²) in [5, 5.41) is 11.5. The number of anilines is 1. The van der Waals surface area contributed by atoms with Crippen LogP contribution in [0.1, 0.15) is 6.42 Å². The van der Waals surface area contributed by atoms with Crippen molar-refractivity contribution in [2.24, 2.45) is 0 Å². The average molecular weight is 456 g/mol. The first-order valence-corrected chi connectivity index (χ1v) is 9.47. The van der Waals surface area contributed by atoms with Gasteiger partial charge < -0.3 is 16.1 Å². The number of nitrogens with one attached hydrogen (secondary N) is 2. The summed E-state index contributed by atoms with van der Waals surface area (Å²) in [5.74, 6) is 0.648. The molecule has 8 heteroatoms. The molecule has 0 saturated heterocycles. The molecular formula is C21H25Cl3N4O. The van der Waals surface area contributed by atoms with Crippen LogP contribution in [0.4, 0.5) is 5.69 Å². The summed E-state index contributed by atoms with van der Waals surface area (Å²) >= 11 is 5.70. The summed E-state index contributed by atoms with van der Waals surface area (Å²) in [7, 11) is 0. The van der Waals surface area contributed by atoms with Gasteiger partial charge in [-0.15, -0.1) is 36.4 Å². The second kappa shape index (κ2) is 12.0. The second-order valence-electron chi connectivity index (χ2n) is 6.28. The number of pyridine rings is 2. The Morgan fingerprint density at radius 1 is 0.862 bits per heavy atom. The molecule has 0 radical (unpaired) electrons. The Bertz CT molecular complexity index is 1060. The molecule has 0 atom stereocenters. The van der Waals surface area contributed by atoms with Gasteiger partial charge in [-0.2, -0.15) is 0 Å². The summed E-state index contributed by atoms with van der Waals surface area (Å²) < 4.78 is 0. The van der Waals surface area contributed by atoms with Crippen LogP contribution in [0.3, 0.4) is 0 Å². The lowest BCUT2D eigenvalue weighted by Gasteiger charge is -2.14. The van der Waals surface area contributed by atoms with E-state index in [1.807, 2.05) is 24.5 Å². The van der Waals surface area contributed by atoms with Crippen LogP contribution < -0.4 is 10.6 Å². The van der Waals surface area contributed by atoms with E-state index in [1.165, 1.54) is 0 Å². The maximum absolute atomic E-state index is 5.70. The standard InChI is InChI=1S/C21H21ClN4.2ClH.H2O/c22-9-13-23-10-3-11-25-20-17-4-1-2-5-19(17)26-21-16-8-12-24-14-15(16)6-7-18(20)21;;;/h1-2,4-8,12,14,23H,3,9-11,13H2,(H,25,26);2*1H;1H2. The molecule has 0 amide bonds. The predicted octanol–water partition coefficient (Wildman–Crippen LogP) is 4.59. The summed E-state index contributed by atoms with van der Waals surface area (Å²) in [6.45, 7) is 2.70. The van der Waals surface area contributed by atoms with Gasteiger partial charge in [0, 0.05) is 52.9 Å². The van der Waals surface area contributed by atoms with E-state index in [1.54, 1.807) is 0 Å². The smallest absolute Gasteiger partial charge is 0.0809 e. The number of benzene rings is 2. The predicted molar refractivity (Wildman–Crippen MR) is 129 cm³/mol. The number of para-hydroxylation sites is 1. The molecule has 4 aromatic rings. The zero-order valence-corrected chi connectivity index (χ0v) is 18.2. The maximum Gasteiger partial charge on any atom is 0.0809 e. The fourth-order valence-electron chi connectivity index (χ4n) is 3.33. The highest BCUT2D eigenvalue weighted by molar-refractivity contribution is 6.18. The fourth-order valence-corrected chi connectivity index (χ4v) is 3.47. The lowest BCUT2D eigenvalue weighted by molar-refractivity contribution is 0.691. The molecule has 0 bridgehead atoms. The number of hydrogen-bond acceptors (Lipinski definition) is 4. The molecule has 4 rings (SSSR count). The third-order valence-corrected chi connectivity index (χ3v) is 4.76. The van der Waals surface area contributed by atoms with Crippen molar-refractivity contribution in [1.82, 2.24) is 15.3 Å². The van der Waals surface area contributed by atoms with Crippen LogP contribution in [0.15, 0.2) is 54.9 Å². The summed E-state index contributed by atoms with van der Waals surface area (Å²) in [6, 6.07) is 14.6. The molecule has 29 heavy (non-hydrogen) atoms. The highest BCUT2D eigenvalue weighted by Gasteiger charge is 2.11. The van der Waals surface area contributed by atoms with E-state index in [9.17, 15) is 0 Å². The maximum atomic E-state index is 5.70. The molecule has 2 heterocycles. The van der Waals surface area contributed by atoms with Crippen molar-refractivity contribution in [3.63, 3.8) is 0 Å². The number of fused-ring (bicyclic) bond motifs is 4. The van der Waals surface area contributed by atoms with Crippen LogP contribution in [0.5, 0.6) is 0 Å². The minimum absolute atomic E-state index is 0. The van der Waals surface area contributed by atoms with Crippen LogP contribution in [0.2, 0.25) is 0 Å². The molecule has 0 aliphatic carbocycles. The monoisotopic (exact) mass is 454 g/mol. The Morgan fingerprint density at radius 3 is 2.52 bits per heavy atom.